The highest BCUT2D eigenvalue weighted by Crippen LogP contribution is 2.31. The van der Waals surface area contributed by atoms with Gasteiger partial charge < -0.3 is 0 Å². The van der Waals surface area contributed by atoms with Gasteiger partial charge in [0, 0.05) is 18.0 Å². The normalized spacial score (nSPS) is 10.9. The molecule has 25 heavy (non-hydrogen) atoms. The van der Waals surface area contributed by atoms with Gasteiger partial charge in [0.05, 0.1) is 27.2 Å². The molecule has 0 atom stereocenters. The van der Waals surface area contributed by atoms with E-state index in [4.69, 9.17) is 11.6 Å². The quantitative estimate of drug-likeness (QED) is 0.751. The number of hydrogen-bond acceptors (Lipinski definition) is 4. The fourth-order valence-corrected chi connectivity index (χ4v) is 3.68. The summed E-state index contributed by atoms with van der Waals surface area (Å²) in [6.07, 6.45) is 3.10. The van der Waals surface area contributed by atoms with Crippen molar-refractivity contribution >= 4 is 27.3 Å². The van der Waals surface area contributed by atoms with Gasteiger partial charge in [-0.25, -0.2) is 8.42 Å². The van der Waals surface area contributed by atoms with Crippen molar-refractivity contribution < 1.29 is 8.42 Å². The van der Waals surface area contributed by atoms with E-state index in [1.54, 1.807) is 48.7 Å². The molecule has 0 spiro atoms. The van der Waals surface area contributed by atoms with Gasteiger partial charge in [-0.05, 0) is 35.9 Å². The Morgan fingerprint density at radius 2 is 1.84 bits per heavy atom. The first-order valence-electron chi connectivity index (χ1n) is 7.23. The van der Waals surface area contributed by atoms with Gasteiger partial charge in [0.25, 0.3) is 10.0 Å². The molecule has 3 aromatic rings. The van der Waals surface area contributed by atoms with Crippen LogP contribution in [0.5, 0.6) is 0 Å². The zero-order valence-electron chi connectivity index (χ0n) is 12.8. The minimum absolute atomic E-state index is 0.147. The summed E-state index contributed by atoms with van der Waals surface area (Å²) in [5, 5.41) is 9.41. The predicted molar refractivity (Wildman–Crippen MR) is 96.6 cm³/mol. The highest BCUT2D eigenvalue weighted by atomic mass is 35.5. The Bertz CT molecular complexity index is 1060. The molecule has 0 saturated carbocycles. The first-order chi connectivity index (χ1) is 12.0. The number of nitrogens with zero attached hydrogens (tertiary/aromatic N) is 2. The molecular formula is C18H12ClN3O2S. The van der Waals surface area contributed by atoms with Crippen LogP contribution in [0.4, 0.5) is 5.69 Å². The van der Waals surface area contributed by atoms with E-state index in [0.717, 1.165) is 0 Å². The van der Waals surface area contributed by atoms with Crippen LogP contribution >= 0.6 is 11.6 Å². The zero-order valence-corrected chi connectivity index (χ0v) is 14.4. The number of rotatable bonds is 4. The maximum atomic E-state index is 12.4. The van der Waals surface area contributed by atoms with E-state index in [2.05, 4.69) is 15.8 Å². The lowest BCUT2D eigenvalue weighted by Crippen LogP contribution is -2.13. The number of nitriles is 1. The van der Waals surface area contributed by atoms with Gasteiger partial charge in [0.1, 0.15) is 0 Å². The topological polar surface area (TPSA) is 82.8 Å². The Hall–Kier alpha value is -2.88. The van der Waals surface area contributed by atoms with Gasteiger partial charge in [0.2, 0.25) is 0 Å². The van der Waals surface area contributed by atoms with Crippen LogP contribution in [0.3, 0.4) is 0 Å². The summed E-state index contributed by atoms with van der Waals surface area (Å²) in [6, 6.07) is 16.6. The van der Waals surface area contributed by atoms with Crippen molar-refractivity contribution in [2.45, 2.75) is 4.90 Å². The largest absolute Gasteiger partial charge is 0.278 e. The molecule has 1 heterocycles. The minimum atomic E-state index is -3.73. The number of benzene rings is 2. The number of pyridine rings is 1. The number of nitrogens with one attached hydrogen (secondary N) is 1. The average molecular weight is 370 g/mol. The maximum Gasteiger partial charge on any atom is 0.261 e. The second-order valence-electron chi connectivity index (χ2n) is 5.15. The molecule has 7 heteroatoms. The van der Waals surface area contributed by atoms with E-state index in [0.29, 0.717) is 16.7 Å². The van der Waals surface area contributed by atoms with Crippen molar-refractivity contribution in [1.29, 1.82) is 5.26 Å². The summed E-state index contributed by atoms with van der Waals surface area (Å²) in [6.45, 7) is 0. The fourth-order valence-electron chi connectivity index (χ4n) is 2.29. The minimum Gasteiger partial charge on any atom is -0.278 e. The molecule has 0 unspecified atom stereocenters. The third-order valence-corrected chi connectivity index (χ3v) is 5.21. The summed E-state index contributed by atoms with van der Waals surface area (Å²) >= 11 is 6.24. The molecule has 0 aliphatic rings. The van der Waals surface area contributed by atoms with E-state index in [1.165, 1.54) is 18.3 Å². The molecule has 0 aliphatic carbocycles. The fraction of sp³-hybridized carbons (Fsp3) is 0. The van der Waals surface area contributed by atoms with Crippen LogP contribution < -0.4 is 4.72 Å². The van der Waals surface area contributed by atoms with Crippen LogP contribution in [0.15, 0.2) is 71.9 Å². The van der Waals surface area contributed by atoms with Crippen molar-refractivity contribution in [1.82, 2.24) is 4.98 Å². The second kappa shape index (κ2) is 6.93. The van der Waals surface area contributed by atoms with Gasteiger partial charge >= 0.3 is 0 Å². The van der Waals surface area contributed by atoms with Gasteiger partial charge in [-0.1, -0.05) is 35.9 Å². The second-order valence-corrected chi connectivity index (χ2v) is 7.24. The Morgan fingerprint density at radius 3 is 2.52 bits per heavy atom. The molecule has 0 aliphatic heterocycles. The highest BCUT2D eigenvalue weighted by molar-refractivity contribution is 7.92. The molecule has 1 N–H and O–H groups in total. The SMILES string of the molecule is N#Cc1ccncc1-c1ccc(NS(=O)(=O)c2ccccc2)c(Cl)c1. The van der Waals surface area contributed by atoms with E-state index in [-0.39, 0.29) is 15.6 Å². The van der Waals surface area contributed by atoms with Crippen molar-refractivity contribution in [3.63, 3.8) is 0 Å². The third-order valence-electron chi connectivity index (χ3n) is 3.52. The van der Waals surface area contributed by atoms with Gasteiger partial charge in [-0.2, -0.15) is 5.26 Å². The molecule has 3 rings (SSSR count). The van der Waals surface area contributed by atoms with Crippen molar-refractivity contribution in [3.05, 3.63) is 77.6 Å². The molecule has 2 aromatic carbocycles. The highest BCUT2D eigenvalue weighted by Gasteiger charge is 2.16. The summed E-state index contributed by atoms with van der Waals surface area (Å²) in [5.74, 6) is 0. The predicted octanol–water partition coefficient (Wildman–Crippen LogP) is 4.07. The van der Waals surface area contributed by atoms with E-state index < -0.39 is 10.0 Å². The van der Waals surface area contributed by atoms with E-state index >= 15 is 0 Å². The zero-order chi connectivity index (χ0) is 17.9. The van der Waals surface area contributed by atoms with E-state index in [1.807, 2.05) is 0 Å². The molecule has 5 nitrogen and oxygen atoms in total. The molecule has 0 saturated heterocycles. The van der Waals surface area contributed by atoms with Crippen LogP contribution in [0, 0.1) is 11.3 Å². The standard InChI is InChI=1S/C18H12ClN3O2S/c19-17-10-13(16-12-21-9-8-14(16)11-20)6-7-18(17)22-25(23,24)15-4-2-1-3-5-15/h1-10,12,22H. The van der Waals surface area contributed by atoms with Gasteiger partial charge in [-0.3, -0.25) is 9.71 Å². The van der Waals surface area contributed by atoms with Crippen LogP contribution in [-0.2, 0) is 10.0 Å². The molecule has 0 radical (unpaired) electrons. The number of aromatic nitrogens is 1. The number of hydrogen-bond donors (Lipinski definition) is 1. The van der Waals surface area contributed by atoms with Crippen LogP contribution in [0.1, 0.15) is 5.56 Å². The van der Waals surface area contributed by atoms with E-state index in [9.17, 15) is 13.7 Å². The van der Waals surface area contributed by atoms with Crippen LogP contribution in [0.25, 0.3) is 11.1 Å². The summed E-state index contributed by atoms with van der Waals surface area (Å²) in [4.78, 5) is 4.16. The molecular weight excluding hydrogens is 358 g/mol. The summed E-state index contributed by atoms with van der Waals surface area (Å²) in [5.41, 5.74) is 2.03. The van der Waals surface area contributed by atoms with Crippen LogP contribution in [0.2, 0.25) is 5.02 Å². The Morgan fingerprint density at radius 1 is 1.08 bits per heavy atom. The van der Waals surface area contributed by atoms with Crippen molar-refractivity contribution in [3.8, 4) is 17.2 Å². The first-order valence-corrected chi connectivity index (χ1v) is 9.09. The number of halogens is 1. The molecule has 1 aromatic heterocycles. The lowest BCUT2D eigenvalue weighted by molar-refractivity contribution is 0.601. The molecule has 0 amide bonds. The molecule has 124 valence electrons. The monoisotopic (exact) mass is 369 g/mol. The Balaban J connectivity index is 1.95. The first kappa shape index (κ1) is 17.0. The Labute approximate surface area is 150 Å². The number of anilines is 1. The third kappa shape index (κ3) is 3.63. The summed E-state index contributed by atoms with van der Waals surface area (Å²) in [7, 11) is -3.73. The van der Waals surface area contributed by atoms with Crippen LogP contribution in [-0.4, -0.2) is 13.4 Å². The maximum absolute atomic E-state index is 12.4. The number of sulfonamides is 1. The van der Waals surface area contributed by atoms with Crippen molar-refractivity contribution in [2.24, 2.45) is 0 Å². The Kier molecular flexibility index (Phi) is 4.70. The van der Waals surface area contributed by atoms with Crippen molar-refractivity contribution in [2.75, 3.05) is 4.72 Å². The average Bonchev–Trinajstić information content (AvgIpc) is 2.64. The lowest BCUT2D eigenvalue weighted by Gasteiger charge is -2.11. The van der Waals surface area contributed by atoms with Gasteiger partial charge in [-0.15, -0.1) is 0 Å². The smallest absolute Gasteiger partial charge is 0.261 e. The molecule has 0 bridgehead atoms. The molecule has 0 fully saturated rings. The van der Waals surface area contributed by atoms with Gasteiger partial charge in [0.15, 0.2) is 0 Å². The summed E-state index contributed by atoms with van der Waals surface area (Å²) < 4.78 is 27.2. The lowest BCUT2D eigenvalue weighted by atomic mass is 10.0.